The molecular weight excluding hydrogens is 1110 g/mol. The molecule has 28 heteroatoms. The monoisotopic (exact) mass is 1190 g/mol. The zero-order chi connectivity index (χ0) is 59.4. The first-order valence-electron chi connectivity index (χ1n) is 30.6. The molecule has 7 saturated heterocycles. The third-order valence-corrected chi connectivity index (χ3v) is 18.1. The molecule has 0 aromatic carbocycles. The van der Waals surface area contributed by atoms with E-state index >= 15 is 0 Å². The van der Waals surface area contributed by atoms with E-state index < -0.39 is 35.6 Å². The Hall–Kier alpha value is -6.87. The lowest BCUT2D eigenvalue weighted by molar-refractivity contribution is -0.197. The number of urea groups is 1. The number of nitrogens with zero attached hydrogens (tertiary/aromatic N) is 8. The van der Waals surface area contributed by atoms with Gasteiger partial charge in [-0.15, -0.1) is 10.1 Å². The number of thioether (sulfide) groups is 1. The van der Waals surface area contributed by atoms with E-state index in [0.29, 0.717) is 182 Å². The van der Waals surface area contributed by atoms with E-state index in [1.165, 1.54) is 0 Å². The van der Waals surface area contributed by atoms with Gasteiger partial charge in [-0.25, -0.2) is 14.4 Å². The Morgan fingerprint density at radius 3 is 1.38 bits per heavy atom. The smallest absolute Gasteiger partial charge is 0.333 e. The van der Waals surface area contributed by atoms with E-state index in [0.717, 1.165) is 44.3 Å². The molecule has 0 aliphatic carbocycles. The first-order valence-corrected chi connectivity index (χ1v) is 31.7. The van der Waals surface area contributed by atoms with Crippen molar-refractivity contribution in [2.75, 3.05) is 79.4 Å². The predicted molar refractivity (Wildman–Crippen MR) is 306 cm³/mol. The highest BCUT2D eigenvalue weighted by molar-refractivity contribution is 8.00. The maximum absolute atomic E-state index is 13.3. The molecule has 8 rings (SSSR count). The van der Waals surface area contributed by atoms with Crippen molar-refractivity contribution in [1.82, 2.24) is 57.0 Å². The summed E-state index contributed by atoms with van der Waals surface area (Å²) in [4.78, 5) is 166. The molecule has 462 valence electrons. The second-order valence-corrected chi connectivity index (χ2v) is 24.2. The van der Waals surface area contributed by atoms with Gasteiger partial charge in [0.2, 0.25) is 41.5 Å². The van der Waals surface area contributed by atoms with E-state index in [-0.39, 0.29) is 98.1 Å². The van der Waals surface area contributed by atoms with Gasteiger partial charge in [-0.3, -0.25) is 38.4 Å². The van der Waals surface area contributed by atoms with Crippen molar-refractivity contribution in [2.45, 2.75) is 190 Å². The van der Waals surface area contributed by atoms with Crippen LogP contribution in [0.2, 0.25) is 0 Å². The Morgan fingerprint density at radius 2 is 0.905 bits per heavy atom. The Bertz CT molecular complexity index is 2380. The molecule has 27 nitrogen and oxygen atoms in total. The fourth-order valence-corrected chi connectivity index (χ4v) is 13.2. The first-order chi connectivity index (χ1) is 40.7. The van der Waals surface area contributed by atoms with Gasteiger partial charge >= 0.3 is 18.0 Å². The number of anilines is 3. The Morgan fingerprint density at radius 1 is 0.488 bits per heavy atom. The van der Waals surface area contributed by atoms with E-state index in [4.69, 9.17) is 24.6 Å². The van der Waals surface area contributed by atoms with Crippen LogP contribution in [0.3, 0.4) is 0 Å². The van der Waals surface area contributed by atoms with E-state index in [2.05, 4.69) is 46.6 Å². The van der Waals surface area contributed by atoms with Crippen molar-refractivity contribution in [2.24, 2.45) is 11.8 Å². The molecule has 1 aromatic heterocycles. The van der Waals surface area contributed by atoms with Gasteiger partial charge in [0.1, 0.15) is 0 Å². The highest BCUT2D eigenvalue weighted by atomic mass is 32.2. The summed E-state index contributed by atoms with van der Waals surface area (Å²) in [6.45, 7) is 4.88. The lowest BCUT2D eigenvalue weighted by atomic mass is 9.96. The summed E-state index contributed by atoms with van der Waals surface area (Å²) in [6.07, 6.45) is 13.5. The maximum Gasteiger partial charge on any atom is 0.333 e. The van der Waals surface area contributed by atoms with Gasteiger partial charge in [-0.1, -0.05) is 25.7 Å². The molecule has 8 heterocycles. The van der Waals surface area contributed by atoms with Gasteiger partial charge in [-0.05, 0) is 89.9 Å². The largest absolute Gasteiger partial charge is 0.356 e. The van der Waals surface area contributed by atoms with Crippen LogP contribution in [0.4, 0.5) is 22.6 Å². The van der Waals surface area contributed by atoms with Crippen molar-refractivity contribution in [3.63, 3.8) is 0 Å². The van der Waals surface area contributed by atoms with Gasteiger partial charge in [-0.2, -0.15) is 26.7 Å². The highest BCUT2D eigenvalue weighted by Gasteiger charge is 2.43. The minimum atomic E-state index is -0.639. The molecule has 0 bridgehead atoms. The van der Waals surface area contributed by atoms with Crippen LogP contribution in [0.25, 0.3) is 0 Å². The normalized spacial score (nSPS) is 21.4. The maximum atomic E-state index is 13.3. The van der Waals surface area contributed by atoms with Crippen molar-refractivity contribution in [3.05, 3.63) is 0 Å². The van der Waals surface area contributed by atoms with Gasteiger partial charge in [0.25, 0.3) is 23.6 Å². The minimum absolute atomic E-state index is 0.000507. The molecular formula is C56H84N14O13S. The summed E-state index contributed by atoms with van der Waals surface area (Å²) in [7, 11) is 0. The number of carbonyl (C=O) groups excluding carboxylic acids is 11. The van der Waals surface area contributed by atoms with E-state index in [1.54, 1.807) is 0 Å². The molecule has 0 radical (unpaired) electrons. The zero-order valence-electron chi connectivity index (χ0n) is 48.2. The summed E-state index contributed by atoms with van der Waals surface area (Å²) >= 11 is 1.88. The van der Waals surface area contributed by atoms with E-state index in [9.17, 15) is 52.7 Å². The molecule has 10 amide bonds. The van der Waals surface area contributed by atoms with Gasteiger partial charge in [0.05, 0.1) is 12.1 Å². The fraction of sp³-hybridized carbons (Fsp3) is 0.750. The van der Waals surface area contributed by atoms with Crippen LogP contribution in [0.1, 0.15) is 167 Å². The Labute approximate surface area is 494 Å². The fourth-order valence-electron chi connectivity index (χ4n) is 11.6. The molecule has 3 unspecified atom stereocenters. The van der Waals surface area contributed by atoms with Crippen LogP contribution in [-0.4, -0.2) is 178 Å². The predicted octanol–water partition coefficient (Wildman–Crippen LogP) is 2.36. The Balaban J connectivity index is 0.744. The third kappa shape index (κ3) is 18.8. The van der Waals surface area contributed by atoms with Crippen LogP contribution in [0.5, 0.6) is 0 Å². The van der Waals surface area contributed by atoms with Gasteiger partial charge in [0.15, 0.2) is 0 Å². The van der Waals surface area contributed by atoms with Crippen molar-refractivity contribution < 1.29 is 62.4 Å². The number of carbonyl (C=O) groups is 11. The average Bonchev–Trinajstić information content (AvgIpc) is 3.01. The lowest BCUT2D eigenvalue weighted by Gasteiger charge is -2.36. The highest BCUT2D eigenvalue weighted by Crippen LogP contribution is 2.34. The quantitative estimate of drug-likeness (QED) is 0.0353. The van der Waals surface area contributed by atoms with Crippen LogP contribution >= 0.6 is 11.8 Å². The molecule has 7 aliphatic heterocycles. The van der Waals surface area contributed by atoms with Crippen molar-refractivity contribution in [1.29, 1.82) is 0 Å². The molecule has 0 spiro atoms. The number of hydroxylamine groups is 4. The van der Waals surface area contributed by atoms with Crippen LogP contribution < -0.4 is 46.6 Å². The molecule has 1 aromatic rings. The Kier molecular flexibility index (Phi) is 24.0. The molecule has 84 heavy (non-hydrogen) atoms. The van der Waals surface area contributed by atoms with Crippen LogP contribution in [-0.2, 0) is 57.6 Å². The first kappa shape index (κ1) is 63.2. The third-order valence-electron chi connectivity index (χ3n) is 16.6. The van der Waals surface area contributed by atoms with Gasteiger partial charge in [0, 0.05) is 139 Å². The summed E-state index contributed by atoms with van der Waals surface area (Å²) in [5, 5.41) is 19.8. The molecule has 7 aliphatic rings. The molecule has 6 N–H and O–H groups in total. The summed E-state index contributed by atoms with van der Waals surface area (Å²) in [5.41, 5.74) is 0. The van der Waals surface area contributed by atoms with Crippen molar-refractivity contribution >= 4 is 94.8 Å². The number of hydrogen-bond donors (Lipinski definition) is 6. The standard InChI is InChI=1S/C56H84N14O13S/c71-42(13-8-7-12-41-50-40(36-84-41)61-56(81)62-50)57-27-9-1-4-14-43(72)60-39-25-34-68(35-26-39)55-64-53(66-30-21-37(22-31-66)51(79)58-28-10-2-5-15-48(77)82-69-44(73)17-18-45(69)74)63-54(65-55)67-32-23-38(24-33-67)52(80)59-29-11-3-6-16-49(78)83-70-46(75)19-20-47(70)76/h37-41,50H,1-36H2,(H,57,71)(H,58,79)(H,59,80)(H,60,72)(H2,61,62,81). The molecule has 3 atom stereocenters. The number of piperidine rings is 3. The second-order valence-electron chi connectivity index (χ2n) is 22.9. The number of nitrogens with one attached hydrogen (secondary N) is 6. The number of amides is 10. The SMILES string of the molecule is O=C(CCCCC1SCC2NC(=O)NC21)NCCCCCC(=O)NC1CCN(c2nc(N3CCC(C(=O)NCCCCCC(=O)ON4C(=O)CCC4=O)CC3)nc(N3CCC(C(=O)NCCCCCC(=O)ON4C(=O)CCC4=O)CC3)n2)CC1. The topological polar surface area (TPSA) is 333 Å². The average molecular weight is 1190 g/mol. The van der Waals surface area contributed by atoms with Crippen LogP contribution in [0, 0.1) is 11.8 Å². The minimum Gasteiger partial charge on any atom is -0.356 e. The zero-order valence-corrected chi connectivity index (χ0v) is 49.0. The lowest BCUT2D eigenvalue weighted by Crippen LogP contribution is -2.46. The summed E-state index contributed by atoms with van der Waals surface area (Å²) in [5.74, 6) is -1.29. The van der Waals surface area contributed by atoms with Gasteiger partial charge < -0.3 is 56.3 Å². The number of imide groups is 2. The van der Waals surface area contributed by atoms with Crippen molar-refractivity contribution in [3.8, 4) is 0 Å². The number of unbranched alkanes of at least 4 members (excludes halogenated alkanes) is 7. The summed E-state index contributed by atoms with van der Waals surface area (Å²) in [6, 6.07) is 0.302. The molecule has 7 fully saturated rings. The molecule has 0 saturated carbocycles. The number of fused-ring (bicyclic) bond motifs is 1. The number of hydrogen-bond acceptors (Lipinski definition) is 20. The van der Waals surface area contributed by atoms with Crippen LogP contribution in [0.15, 0.2) is 0 Å². The number of rotatable bonds is 31. The summed E-state index contributed by atoms with van der Waals surface area (Å²) < 4.78 is 0. The second kappa shape index (κ2) is 31.9. The number of aromatic nitrogens is 3. The van der Waals surface area contributed by atoms with E-state index in [1.807, 2.05) is 11.8 Å².